The van der Waals surface area contributed by atoms with E-state index in [1.165, 1.54) is 0 Å². The molecule has 0 unspecified atom stereocenters. The molecule has 0 aromatic heterocycles. The predicted octanol–water partition coefficient (Wildman–Crippen LogP) is 0.0532. The van der Waals surface area contributed by atoms with Crippen molar-refractivity contribution in [3.05, 3.63) is 0 Å². The monoisotopic (exact) mass is 404 g/mol. The summed E-state index contributed by atoms with van der Waals surface area (Å²) < 4.78 is 7.61. The van der Waals surface area contributed by atoms with E-state index in [1.54, 1.807) is 0 Å². The Bertz CT molecular complexity index is 60.5. The molecule has 0 spiro atoms. The summed E-state index contributed by atoms with van der Waals surface area (Å²) in [7, 11) is 0. The van der Waals surface area contributed by atoms with E-state index in [1.807, 2.05) is 0 Å². The summed E-state index contributed by atoms with van der Waals surface area (Å²) >= 11 is 4.74. The van der Waals surface area contributed by atoms with Crippen molar-refractivity contribution in [3.63, 3.8) is 0 Å². The van der Waals surface area contributed by atoms with Gasteiger partial charge >= 0.3 is 51.3 Å². The molecule has 0 rings (SSSR count). The fourth-order valence-corrected chi connectivity index (χ4v) is 0.202. The molecule has 0 aliphatic carbocycles. The van der Waals surface area contributed by atoms with Crippen LogP contribution in [0.4, 0.5) is 4.79 Å². The summed E-state index contributed by atoms with van der Waals surface area (Å²) in [5, 5.41) is 0. The van der Waals surface area contributed by atoms with Gasteiger partial charge in [-0.05, 0) is 0 Å². The van der Waals surface area contributed by atoms with E-state index in [9.17, 15) is 4.79 Å². The first-order valence-corrected chi connectivity index (χ1v) is 1.88. The summed E-state index contributed by atoms with van der Waals surface area (Å²) in [6.45, 7) is 0. The van der Waals surface area contributed by atoms with Crippen LogP contribution < -0.4 is 0 Å². The first-order valence-electron chi connectivity index (χ1n) is 0.921. The first-order chi connectivity index (χ1) is 2.81. The number of hydrogen-bond acceptors (Lipinski definition) is 3. The van der Waals surface area contributed by atoms with E-state index in [4.69, 9.17) is 0 Å². The first kappa shape index (κ1) is 29.5. The smallest absolute Gasteiger partial charge is 0 e. The van der Waals surface area contributed by atoms with Crippen LogP contribution in [-0.2, 0) is 107 Å². The van der Waals surface area contributed by atoms with Crippen molar-refractivity contribution in [1.82, 2.24) is 0 Å². The van der Waals surface area contributed by atoms with Crippen LogP contribution in [0, 0.1) is 0 Å². The summed E-state index contributed by atoms with van der Waals surface area (Å²) in [5.41, 5.74) is 0. The van der Waals surface area contributed by atoms with Gasteiger partial charge in [0.2, 0.25) is 0 Å². The van der Waals surface area contributed by atoms with Gasteiger partial charge in [0.25, 0.3) is 0 Å². The largest absolute Gasteiger partial charge is 0 e. The van der Waals surface area contributed by atoms with E-state index in [0.717, 1.165) is 0 Å². The molecular weight excluding hydrogens is 405 g/mol. The third kappa shape index (κ3) is 22.4. The third-order valence-electron chi connectivity index (χ3n) is 0.126. The van der Waals surface area contributed by atoms with Gasteiger partial charge in [-0.25, -0.2) is 0 Å². The molecular formula is CCo2Mn2Ni2O3. The Labute approximate surface area is 116 Å². The number of hydrogen-bond donors (Lipinski definition) is 0. The molecule has 0 aliphatic heterocycles. The second kappa shape index (κ2) is 22.5. The zero-order chi connectivity index (χ0) is 4.99. The molecule has 0 aliphatic rings. The van der Waals surface area contributed by atoms with Crippen LogP contribution in [0.3, 0.4) is 0 Å². The molecule has 0 amide bonds. The van der Waals surface area contributed by atoms with Gasteiger partial charge in [-0.1, -0.05) is 0 Å². The Morgan fingerprint density at radius 3 is 1.20 bits per heavy atom. The van der Waals surface area contributed by atoms with Crippen LogP contribution in [0.5, 0.6) is 0 Å². The van der Waals surface area contributed by atoms with Crippen LogP contribution in [0.25, 0.3) is 0 Å². The standard InChI is InChI=1S/CH2O3.2Co.2Mn.2Ni/c2-1(3)4;;;;;;/h(H2,2,3,4);;;;;;/q;;;2*+1;;/p-2. The van der Waals surface area contributed by atoms with Gasteiger partial charge in [-0.2, -0.15) is 0 Å². The van der Waals surface area contributed by atoms with Crippen LogP contribution in [0.1, 0.15) is 0 Å². The van der Waals surface area contributed by atoms with Gasteiger partial charge in [0, 0.05) is 66.5 Å². The summed E-state index contributed by atoms with van der Waals surface area (Å²) in [5.74, 6) is 0. The Kier molecular flexibility index (Phi) is 66.3. The minimum Gasteiger partial charge on any atom is 0 e. The van der Waals surface area contributed by atoms with Gasteiger partial charge in [-0.15, -0.1) is 0 Å². The predicted molar refractivity (Wildman–Crippen MR) is 7.57 cm³/mol. The van der Waals surface area contributed by atoms with Gasteiger partial charge in [0.15, 0.2) is 0 Å². The average molecular weight is 405 g/mol. The molecule has 0 aromatic carbocycles. The fraction of sp³-hybridized carbons (Fsp3) is 0. The molecule has 0 saturated heterocycles. The minimum absolute atomic E-state index is 0. The zero-order valence-electron chi connectivity index (χ0n) is 3.78. The molecule has 0 atom stereocenters. The van der Waals surface area contributed by atoms with Crippen LogP contribution in [-0.4, -0.2) is 6.16 Å². The van der Waals surface area contributed by atoms with Crippen molar-refractivity contribution in [1.29, 1.82) is 0 Å². The molecule has 10 heavy (non-hydrogen) atoms. The van der Waals surface area contributed by atoms with Crippen LogP contribution >= 0.6 is 0 Å². The maximum atomic E-state index is 9.64. The summed E-state index contributed by atoms with van der Waals surface area (Å²) in [6.07, 6.45) is -0.824. The van der Waals surface area contributed by atoms with Crippen molar-refractivity contribution in [2.75, 3.05) is 0 Å². The Morgan fingerprint density at radius 1 is 1.00 bits per heavy atom. The molecule has 0 aromatic rings. The van der Waals surface area contributed by atoms with Gasteiger partial charge in [-0.3, -0.25) is 0 Å². The van der Waals surface area contributed by atoms with E-state index in [0.29, 0.717) is 0 Å². The molecule has 74 valence electrons. The molecule has 0 heterocycles. The molecule has 9 heteroatoms. The Morgan fingerprint density at radius 2 is 1.20 bits per heavy atom. The Balaban J connectivity index is -0.0000000208. The van der Waals surface area contributed by atoms with Gasteiger partial charge in [0.1, 0.15) is 0 Å². The van der Waals surface area contributed by atoms with E-state index < -0.39 is 6.16 Å². The number of rotatable bonds is 0. The van der Waals surface area contributed by atoms with Crippen molar-refractivity contribution in [3.8, 4) is 0 Å². The van der Waals surface area contributed by atoms with Crippen LogP contribution in [0.15, 0.2) is 0 Å². The maximum Gasteiger partial charge on any atom is 0 e. The van der Waals surface area contributed by atoms with Gasteiger partial charge < -0.3 is 0 Å². The average Bonchev–Trinajstić information content (AvgIpc) is 1.65. The van der Waals surface area contributed by atoms with Crippen LogP contribution in [0.2, 0.25) is 0 Å². The van der Waals surface area contributed by atoms with Gasteiger partial charge in [0.05, 0.1) is 0 Å². The number of carbonyl (C=O) groups excluding carboxylic acids is 1. The molecule has 0 fully saturated rings. The summed E-state index contributed by atoms with van der Waals surface area (Å²) in [6, 6.07) is 0. The van der Waals surface area contributed by atoms with E-state index in [-0.39, 0.29) is 66.5 Å². The zero-order valence-corrected chi connectivity index (χ0v) is 10.2. The van der Waals surface area contributed by atoms with E-state index in [2.05, 4.69) is 40.3 Å². The molecule has 2 radical (unpaired) electrons. The second-order valence-corrected chi connectivity index (χ2v) is 0.886. The Hall–Kier alpha value is 2.31. The normalized spacial score (nSPS) is 4.20. The fourth-order valence-electron chi connectivity index (χ4n) is 0.0119. The molecule has 0 saturated carbocycles. The van der Waals surface area contributed by atoms with Crippen molar-refractivity contribution >= 4 is 6.16 Å². The SMILES string of the molecule is O=C([O][Mn])[O][Mn].[Co].[Co].[Ni].[Ni]. The quantitative estimate of drug-likeness (QED) is 0.535. The summed E-state index contributed by atoms with van der Waals surface area (Å²) in [4.78, 5) is 9.64. The van der Waals surface area contributed by atoms with Crippen molar-refractivity contribution in [2.24, 2.45) is 0 Å². The van der Waals surface area contributed by atoms with E-state index >= 15 is 0 Å². The maximum absolute atomic E-state index is 9.64. The number of carbonyl (C=O) groups is 1. The molecule has 3 nitrogen and oxygen atoms in total. The molecule has 0 bridgehead atoms. The van der Waals surface area contributed by atoms with Crippen molar-refractivity contribution in [2.45, 2.75) is 0 Å². The topological polar surface area (TPSA) is 35.5 Å². The third-order valence-corrected chi connectivity index (χ3v) is 0.519. The minimum atomic E-state index is -0.824. The molecule has 0 N–H and O–H groups in total. The van der Waals surface area contributed by atoms with Crippen molar-refractivity contribution < 1.29 is 112 Å². The second-order valence-electron chi connectivity index (χ2n) is 0.404.